The monoisotopic (exact) mass is 130 g/mol. The van der Waals surface area contributed by atoms with E-state index in [1.165, 1.54) is 6.92 Å². The normalized spacial score (nSPS) is 6.89. The van der Waals surface area contributed by atoms with Crippen molar-refractivity contribution in [2.75, 3.05) is 13.2 Å². The molecule has 0 saturated carbocycles. The number of hydrogen-bond acceptors (Lipinski definition) is 3. The van der Waals surface area contributed by atoms with Gasteiger partial charge in [-0.2, -0.15) is 5.26 Å². The highest BCUT2D eigenvalue weighted by molar-refractivity contribution is 4.51. The van der Waals surface area contributed by atoms with Crippen molar-refractivity contribution in [2.24, 2.45) is 5.73 Å². The molecule has 0 spiro atoms. The van der Waals surface area contributed by atoms with Gasteiger partial charge in [0.25, 0.3) is 0 Å². The number of nitrogens with two attached hydrogens (primary N) is 1. The van der Waals surface area contributed by atoms with Crippen molar-refractivity contribution in [3.05, 3.63) is 0 Å². The Bertz CT molecular complexity index is 63.9. The fourth-order valence-electron chi connectivity index (χ4n) is 0.256. The van der Waals surface area contributed by atoms with Crippen LogP contribution in [0.2, 0.25) is 0 Å². The van der Waals surface area contributed by atoms with Gasteiger partial charge in [-0.25, -0.2) is 0 Å². The third-order valence-corrected chi connectivity index (χ3v) is 0.612. The Labute approximate surface area is 56.1 Å². The molecule has 54 valence electrons. The van der Waals surface area contributed by atoms with Crippen molar-refractivity contribution in [1.29, 1.82) is 5.26 Å². The molecule has 0 aliphatic carbocycles. The summed E-state index contributed by atoms with van der Waals surface area (Å²) in [5, 5.41) is 15.5. The molecule has 3 nitrogen and oxygen atoms in total. The molecule has 0 aromatic heterocycles. The fourth-order valence-corrected chi connectivity index (χ4v) is 0.256. The zero-order valence-corrected chi connectivity index (χ0v) is 5.80. The summed E-state index contributed by atoms with van der Waals surface area (Å²) in [5.74, 6) is 0. The zero-order valence-electron chi connectivity index (χ0n) is 5.80. The van der Waals surface area contributed by atoms with Crippen molar-refractivity contribution < 1.29 is 5.11 Å². The van der Waals surface area contributed by atoms with E-state index in [0.717, 1.165) is 12.8 Å². The molecule has 0 aliphatic rings. The molecule has 0 saturated heterocycles. The summed E-state index contributed by atoms with van der Waals surface area (Å²) >= 11 is 0. The Morgan fingerprint density at radius 2 is 2.00 bits per heavy atom. The lowest BCUT2D eigenvalue weighted by Gasteiger charge is -1.86. The average molecular weight is 130 g/mol. The molecule has 0 aliphatic heterocycles. The first-order chi connectivity index (χ1) is 4.33. The second kappa shape index (κ2) is 15.7. The Morgan fingerprint density at radius 1 is 1.56 bits per heavy atom. The Morgan fingerprint density at radius 3 is 2.11 bits per heavy atom. The van der Waals surface area contributed by atoms with Crippen LogP contribution in [0.5, 0.6) is 0 Å². The number of nitriles is 1. The molecule has 3 N–H and O–H groups in total. The largest absolute Gasteiger partial charge is 0.396 e. The molecule has 0 radical (unpaired) electrons. The molecule has 0 bridgehead atoms. The summed E-state index contributed by atoms with van der Waals surface area (Å²) in [5.41, 5.74) is 5.10. The van der Waals surface area contributed by atoms with Gasteiger partial charge in [-0.1, -0.05) is 0 Å². The van der Waals surface area contributed by atoms with Crippen molar-refractivity contribution in [3.63, 3.8) is 0 Å². The average Bonchev–Trinajstić information content (AvgIpc) is 1.86. The van der Waals surface area contributed by atoms with E-state index >= 15 is 0 Å². The van der Waals surface area contributed by atoms with Crippen LogP contribution >= 0.6 is 0 Å². The SMILES string of the molecule is CC#N.NCCCCO. The summed E-state index contributed by atoms with van der Waals surface area (Å²) in [6, 6.07) is 1.75. The minimum Gasteiger partial charge on any atom is -0.396 e. The Balaban J connectivity index is 0. The quantitative estimate of drug-likeness (QED) is 0.538. The number of hydrogen-bond donors (Lipinski definition) is 2. The van der Waals surface area contributed by atoms with E-state index in [0.29, 0.717) is 6.54 Å². The summed E-state index contributed by atoms with van der Waals surface area (Å²) < 4.78 is 0. The number of aliphatic hydroxyl groups is 1. The van der Waals surface area contributed by atoms with Crippen LogP contribution in [-0.4, -0.2) is 18.3 Å². The second-order valence-electron chi connectivity index (χ2n) is 1.44. The number of nitrogens with zero attached hydrogens (tertiary/aromatic N) is 1. The molecule has 0 unspecified atom stereocenters. The summed E-state index contributed by atoms with van der Waals surface area (Å²) in [6.07, 6.45) is 1.78. The van der Waals surface area contributed by atoms with Crippen molar-refractivity contribution in [2.45, 2.75) is 19.8 Å². The lowest BCUT2D eigenvalue weighted by molar-refractivity contribution is 0.285. The molecule has 0 aromatic carbocycles. The predicted octanol–water partition coefficient (Wildman–Crippen LogP) is 0.247. The van der Waals surface area contributed by atoms with Gasteiger partial charge in [-0.15, -0.1) is 0 Å². The van der Waals surface area contributed by atoms with Gasteiger partial charge < -0.3 is 10.8 Å². The molecular formula is C6H14N2O. The van der Waals surface area contributed by atoms with Crippen molar-refractivity contribution in [3.8, 4) is 6.07 Å². The molecule has 0 amide bonds. The Kier molecular flexibility index (Phi) is 19.5. The third-order valence-electron chi connectivity index (χ3n) is 0.612. The van der Waals surface area contributed by atoms with Crippen LogP contribution in [0.15, 0.2) is 0 Å². The van der Waals surface area contributed by atoms with E-state index in [4.69, 9.17) is 16.1 Å². The van der Waals surface area contributed by atoms with Crippen molar-refractivity contribution >= 4 is 0 Å². The van der Waals surface area contributed by atoms with Crippen LogP contribution < -0.4 is 5.73 Å². The van der Waals surface area contributed by atoms with Gasteiger partial charge in [0.2, 0.25) is 0 Å². The van der Waals surface area contributed by atoms with Gasteiger partial charge in [-0.05, 0) is 19.4 Å². The lowest BCUT2D eigenvalue weighted by atomic mass is 10.3. The van der Waals surface area contributed by atoms with Gasteiger partial charge in [0.15, 0.2) is 0 Å². The van der Waals surface area contributed by atoms with Gasteiger partial charge in [0.05, 0.1) is 6.07 Å². The molecule has 0 aromatic rings. The molecule has 0 rings (SSSR count). The number of rotatable bonds is 3. The molecule has 0 fully saturated rings. The number of unbranched alkanes of at least 4 members (excludes halogenated alkanes) is 1. The van der Waals surface area contributed by atoms with Crippen molar-refractivity contribution in [1.82, 2.24) is 0 Å². The summed E-state index contributed by atoms with van der Waals surface area (Å²) in [4.78, 5) is 0. The summed E-state index contributed by atoms with van der Waals surface area (Å²) in [7, 11) is 0. The van der Waals surface area contributed by atoms with E-state index in [1.54, 1.807) is 6.07 Å². The zero-order chi connectivity index (χ0) is 7.54. The van der Waals surface area contributed by atoms with E-state index < -0.39 is 0 Å². The predicted molar refractivity (Wildman–Crippen MR) is 36.7 cm³/mol. The van der Waals surface area contributed by atoms with Gasteiger partial charge in [-0.3, -0.25) is 0 Å². The Hall–Kier alpha value is -0.590. The molecule has 3 heteroatoms. The molecule has 9 heavy (non-hydrogen) atoms. The highest BCUT2D eigenvalue weighted by Gasteiger charge is 1.76. The van der Waals surface area contributed by atoms with Crippen LogP contribution in [0.3, 0.4) is 0 Å². The van der Waals surface area contributed by atoms with E-state index in [-0.39, 0.29) is 6.61 Å². The first kappa shape index (κ1) is 11.2. The number of aliphatic hydroxyl groups excluding tert-OH is 1. The van der Waals surface area contributed by atoms with Crippen LogP contribution in [0.25, 0.3) is 0 Å². The van der Waals surface area contributed by atoms with Gasteiger partial charge >= 0.3 is 0 Å². The van der Waals surface area contributed by atoms with Gasteiger partial charge in [0.1, 0.15) is 0 Å². The molecule has 0 heterocycles. The minimum atomic E-state index is 0.275. The molecular weight excluding hydrogens is 116 g/mol. The highest BCUT2D eigenvalue weighted by Crippen LogP contribution is 1.79. The fraction of sp³-hybridized carbons (Fsp3) is 0.833. The second-order valence-corrected chi connectivity index (χ2v) is 1.44. The highest BCUT2D eigenvalue weighted by atomic mass is 16.2. The van der Waals surface area contributed by atoms with E-state index in [2.05, 4.69) is 0 Å². The summed E-state index contributed by atoms with van der Waals surface area (Å²) in [6.45, 7) is 2.40. The topological polar surface area (TPSA) is 70.0 Å². The standard InChI is InChI=1S/C4H11NO.C2H3N/c5-3-1-2-4-6;1-2-3/h6H,1-5H2;1H3. The van der Waals surface area contributed by atoms with Crippen LogP contribution in [-0.2, 0) is 0 Å². The van der Waals surface area contributed by atoms with Crippen LogP contribution in [0.4, 0.5) is 0 Å². The first-order valence-corrected chi connectivity index (χ1v) is 2.95. The maximum atomic E-state index is 8.14. The lowest BCUT2D eigenvalue weighted by Crippen LogP contribution is -1.98. The van der Waals surface area contributed by atoms with E-state index in [9.17, 15) is 0 Å². The maximum absolute atomic E-state index is 8.14. The van der Waals surface area contributed by atoms with Crippen LogP contribution in [0, 0.1) is 11.3 Å². The van der Waals surface area contributed by atoms with E-state index in [1.807, 2.05) is 0 Å². The smallest absolute Gasteiger partial charge is 0.0587 e. The third kappa shape index (κ3) is 37.3. The minimum absolute atomic E-state index is 0.275. The maximum Gasteiger partial charge on any atom is 0.0587 e. The molecule has 0 atom stereocenters. The van der Waals surface area contributed by atoms with Crippen LogP contribution in [0.1, 0.15) is 19.8 Å². The first-order valence-electron chi connectivity index (χ1n) is 2.95. The van der Waals surface area contributed by atoms with Gasteiger partial charge in [0, 0.05) is 13.5 Å².